The van der Waals surface area contributed by atoms with Crippen LogP contribution >= 0.6 is 11.6 Å². The van der Waals surface area contributed by atoms with Gasteiger partial charge in [0.15, 0.2) is 5.78 Å². The smallest absolute Gasteiger partial charge is 0.226 e. The number of aryl methyl sites for hydroxylation is 1. The van der Waals surface area contributed by atoms with Crippen molar-refractivity contribution in [3.63, 3.8) is 0 Å². The summed E-state index contributed by atoms with van der Waals surface area (Å²) in [5, 5.41) is 9.98. The maximum absolute atomic E-state index is 13.6. The van der Waals surface area contributed by atoms with Crippen LogP contribution in [0, 0.1) is 6.92 Å². The quantitative estimate of drug-likeness (QED) is 0.462. The average Bonchev–Trinajstić information content (AvgIpc) is 3.08. The van der Waals surface area contributed by atoms with E-state index in [2.05, 4.69) is 10.4 Å². The van der Waals surface area contributed by atoms with Crippen LogP contribution in [0.15, 0.2) is 66.7 Å². The first-order valence-corrected chi connectivity index (χ1v) is 10.1. The average molecular weight is 416 g/mol. The number of Topliss-reactive ketones (excluding diaryl/α,β-unsaturated/α-hetero) is 1. The van der Waals surface area contributed by atoms with Crippen LogP contribution in [0.4, 0.5) is 5.82 Å². The van der Waals surface area contributed by atoms with E-state index in [-0.39, 0.29) is 18.1 Å². The van der Waals surface area contributed by atoms with Crippen molar-refractivity contribution in [1.29, 1.82) is 0 Å². The Labute approximate surface area is 178 Å². The van der Waals surface area contributed by atoms with E-state index >= 15 is 0 Å². The summed E-state index contributed by atoms with van der Waals surface area (Å²) in [7, 11) is 0. The lowest BCUT2D eigenvalue weighted by Crippen LogP contribution is -2.28. The van der Waals surface area contributed by atoms with Gasteiger partial charge in [0.25, 0.3) is 0 Å². The van der Waals surface area contributed by atoms with Crippen molar-refractivity contribution < 1.29 is 9.59 Å². The predicted molar refractivity (Wildman–Crippen MR) is 118 cm³/mol. The number of hydrogen-bond donors (Lipinski definition) is 1. The highest BCUT2D eigenvalue weighted by atomic mass is 35.5. The standard InChI is InChI=1S/C24H18ClN3O2/c1-14-22-20(23(30)19-11-4-7-15-6-2-3-10-18(15)19)13-21(29)26-24(22)28(27-14)17-9-5-8-16(25)12-17/h2-12,20H,13H2,1H3,(H,26,29)/t20-/m1/s1. The van der Waals surface area contributed by atoms with Gasteiger partial charge in [0.05, 0.1) is 17.3 Å². The van der Waals surface area contributed by atoms with E-state index in [9.17, 15) is 9.59 Å². The molecule has 0 saturated carbocycles. The molecule has 0 bridgehead atoms. The number of nitrogens with zero attached hydrogens (tertiary/aromatic N) is 2. The molecule has 1 aliphatic heterocycles. The fraction of sp³-hybridized carbons (Fsp3) is 0.125. The Balaban J connectivity index is 1.66. The second-order valence-electron chi connectivity index (χ2n) is 7.44. The second kappa shape index (κ2) is 7.11. The number of carbonyl (C=O) groups is 2. The van der Waals surface area contributed by atoms with Gasteiger partial charge in [-0.2, -0.15) is 5.10 Å². The molecule has 0 fully saturated rings. The lowest BCUT2D eigenvalue weighted by molar-refractivity contribution is -0.116. The van der Waals surface area contributed by atoms with Crippen LogP contribution in [0.25, 0.3) is 16.5 Å². The summed E-state index contributed by atoms with van der Waals surface area (Å²) in [5.74, 6) is -0.335. The third-order valence-electron chi connectivity index (χ3n) is 5.53. The fourth-order valence-electron chi connectivity index (χ4n) is 4.19. The van der Waals surface area contributed by atoms with Crippen LogP contribution < -0.4 is 5.32 Å². The minimum Gasteiger partial charge on any atom is -0.310 e. The van der Waals surface area contributed by atoms with Crippen molar-refractivity contribution in [2.75, 3.05) is 5.32 Å². The van der Waals surface area contributed by atoms with Crippen molar-refractivity contribution in [1.82, 2.24) is 9.78 Å². The van der Waals surface area contributed by atoms with Crippen molar-refractivity contribution in [3.8, 4) is 5.69 Å². The summed E-state index contributed by atoms with van der Waals surface area (Å²) in [6.07, 6.45) is 0.0944. The Morgan fingerprint density at radius 3 is 2.70 bits per heavy atom. The molecule has 1 N–H and O–H groups in total. The number of halogens is 1. The SMILES string of the molecule is Cc1nn(-c2cccc(Cl)c2)c2c1[C@H](C(=O)c1cccc3ccccc13)CC(=O)N2. The van der Waals surface area contributed by atoms with Gasteiger partial charge in [-0.3, -0.25) is 9.59 Å². The molecule has 0 radical (unpaired) electrons. The van der Waals surface area contributed by atoms with Crippen LogP contribution in [0.2, 0.25) is 5.02 Å². The molecule has 30 heavy (non-hydrogen) atoms. The summed E-state index contributed by atoms with van der Waals surface area (Å²) in [4.78, 5) is 26.2. The number of rotatable bonds is 3. The normalized spacial score (nSPS) is 15.7. The lowest BCUT2D eigenvalue weighted by atomic mass is 9.84. The van der Waals surface area contributed by atoms with Crippen molar-refractivity contribution in [3.05, 3.63) is 88.6 Å². The minimum atomic E-state index is -0.590. The van der Waals surface area contributed by atoms with Crippen LogP contribution in [0.1, 0.15) is 34.0 Å². The molecule has 1 atom stereocenters. The van der Waals surface area contributed by atoms with Crippen LogP contribution in [-0.4, -0.2) is 21.5 Å². The highest BCUT2D eigenvalue weighted by Gasteiger charge is 2.36. The second-order valence-corrected chi connectivity index (χ2v) is 7.87. The number of aromatic nitrogens is 2. The van der Waals surface area contributed by atoms with E-state index in [4.69, 9.17) is 11.6 Å². The Bertz CT molecular complexity index is 1320. The Kier molecular flexibility index (Phi) is 4.40. The van der Waals surface area contributed by atoms with Gasteiger partial charge in [-0.25, -0.2) is 4.68 Å². The largest absolute Gasteiger partial charge is 0.310 e. The van der Waals surface area contributed by atoms with Gasteiger partial charge in [-0.1, -0.05) is 60.1 Å². The predicted octanol–water partition coefficient (Wildman–Crippen LogP) is 5.30. The third kappa shape index (κ3) is 2.99. The number of benzene rings is 3. The zero-order valence-electron chi connectivity index (χ0n) is 16.2. The molecule has 148 valence electrons. The summed E-state index contributed by atoms with van der Waals surface area (Å²) >= 11 is 6.15. The summed E-state index contributed by atoms with van der Waals surface area (Å²) in [6.45, 7) is 1.86. The van der Waals surface area contributed by atoms with Gasteiger partial charge in [-0.05, 0) is 35.9 Å². The Morgan fingerprint density at radius 1 is 1.10 bits per heavy atom. The van der Waals surface area contributed by atoms with Gasteiger partial charge in [0, 0.05) is 22.6 Å². The molecule has 0 spiro atoms. The number of anilines is 1. The highest BCUT2D eigenvalue weighted by Crippen LogP contribution is 2.39. The molecule has 3 aromatic carbocycles. The van der Waals surface area contributed by atoms with Gasteiger partial charge < -0.3 is 5.32 Å². The van der Waals surface area contributed by atoms with Crippen LogP contribution in [-0.2, 0) is 4.79 Å². The first-order valence-electron chi connectivity index (χ1n) is 9.70. The Hall–Kier alpha value is -3.44. The van der Waals surface area contributed by atoms with E-state index in [0.717, 1.165) is 22.0 Å². The summed E-state index contributed by atoms with van der Waals surface area (Å²) in [6, 6.07) is 20.7. The summed E-state index contributed by atoms with van der Waals surface area (Å²) in [5.41, 5.74) is 2.81. The Morgan fingerprint density at radius 2 is 1.87 bits per heavy atom. The molecule has 0 aliphatic carbocycles. The van der Waals surface area contributed by atoms with E-state index in [1.165, 1.54) is 0 Å². The van der Waals surface area contributed by atoms with Gasteiger partial charge in [0.1, 0.15) is 5.82 Å². The minimum absolute atomic E-state index is 0.0726. The maximum Gasteiger partial charge on any atom is 0.226 e. The van der Waals surface area contributed by atoms with Crippen molar-refractivity contribution in [2.45, 2.75) is 19.3 Å². The molecule has 4 aromatic rings. The van der Waals surface area contributed by atoms with Crippen LogP contribution in [0.3, 0.4) is 0 Å². The van der Waals surface area contributed by atoms with Gasteiger partial charge in [-0.15, -0.1) is 0 Å². The number of hydrogen-bond acceptors (Lipinski definition) is 3. The van der Waals surface area contributed by atoms with E-state index in [1.807, 2.05) is 61.5 Å². The monoisotopic (exact) mass is 415 g/mol. The molecule has 5 rings (SSSR count). The molecular weight excluding hydrogens is 398 g/mol. The molecule has 0 unspecified atom stereocenters. The highest BCUT2D eigenvalue weighted by molar-refractivity contribution is 6.30. The van der Waals surface area contributed by atoms with Crippen LogP contribution in [0.5, 0.6) is 0 Å². The molecule has 5 nitrogen and oxygen atoms in total. The first kappa shape index (κ1) is 18.6. The molecule has 6 heteroatoms. The molecule has 1 amide bonds. The van der Waals surface area contributed by atoms with Crippen molar-refractivity contribution >= 4 is 39.9 Å². The van der Waals surface area contributed by atoms with E-state index in [1.54, 1.807) is 16.8 Å². The van der Waals surface area contributed by atoms with Gasteiger partial charge >= 0.3 is 0 Å². The molecular formula is C24H18ClN3O2. The van der Waals surface area contributed by atoms with Gasteiger partial charge in [0.2, 0.25) is 5.91 Å². The number of amides is 1. The number of carbonyl (C=O) groups excluding carboxylic acids is 2. The lowest BCUT2D eigenvalue weighted by Gasteiger charge is -2.23. The molecule has 2 heterocycles. The number of ketones is 1. The molecule has 0 saturated heterocycles. The first-order chi connectivity index (χ1) is 14.5. The topological polar surface area (TPSA) is 64.0 Å². The third-order valence-corrected chi connectivity index (χ3v) is 5.76. The maximum atomic E-state index is 13.6. The zero-order valence-corrected chi connectivity index (χ0v) is 17.0. The van der Waals surface area contributed by atoms with E-state index in [0.29, 0.717) is 22.1 Å². The van der Waals surface area contributed by atoms with E-state index < -0.39 is 5.92 Å². The fourth-order valence-corrected chi connectivity index (χ4v) is 4.38. The number of fused-ring (bicyclic) bond motifs is 2. The number of nitrogens with one attached hydrogen (secondary N) is 1. The zero-order chi connectivity index (χ0) is 20.8. The molecule has 1 aromatic heterocycles. The molecule has 1 aliphatic rings. The summed E-state index contributed by atoms with van der Waals surface area (Å²) < 4.78 is 1.65. The van der Waals surface area contributed by atoms with Crippen molar-refractivity contribution in [2.24, 2.45) is 0 Å².